The molecule has 1 heterocycles. The molecular weight excluding hydrogens is 290 g/mol. The van der Waals surface area contributed by atoms with Crippen molar-refractivity contribution in [1.29, 1.82) is 0 Å². The number of methoxy groups -OCH3 is 1. The lowest BCUT2D eigenvalue weighted by Gasteiger charge is -2.05. The summed E-state index contributed by atoms with van der Waals surface area (Å²) in [5, 5.41) is 0. The second kappa shape index (κ2) is 6.57. The van der Waals surface area contributed by atoms with Gasteiger partial charge in [-0.2, -0.15) is 0 Å². The van der Waals surface area contributed by atoms with E-state index in [2.05, 4.69) is 4.74 Å². The van der Waals surface area contributed by atoms with Crippen molar-refractivity contribution in [3.8, 4) is 0 Å². The van der Waals surface area contributed by atoms with Crippen molar-refractivity contribution in [2.45, 2.75) is 6.61 Å². The van der Waals surface area contributed by atoms with Gasteiger partial charge in [-0.05, 0) is 30.3 Å². The van der Waals surface area contributed by atoms with Gasteiger partial charge in [0.05, 0.1) is 18.9 Å². The molecule has 0 bridgehead atoms. The first-order chi connectivity index (χ1) is 10.5. The molecule has 0 atom stereocenters. The number of hydrogen-bond donors (Lipinski definition) is 1. The van der Waals surface area contributed by atoms with Gasteiger partial charge in [0, 0.05) is 5.56 Å². The van der Waals surface area contributed by atoms with Crippen LogP contribution in [0.3, 0.4) is 0 Å². The predicted octanol–water partition coefficient (Wildman–Crippen LogP) is 1.52. The number of nitrogens with two attached hydrogens (primary N) is 1. The Bertz CT molecular complexity index is 701. The molecule has 0 saturated heterocycles. The third-order valence-electron chi connectivity index (χ3n) is 2.89. The van der Waals surface area contributed by atoms with Crippen molar-refractivity contribution in [2.24, 2.45) is 5.73 Å². The van der Waals surface area contributed by atoms with Crippen LogP contribution >= 0.6 is 0 Å². The summed E-state index contributed by atoms with van der Waals surface area (Å²) >= 11 is 0. The van der Waals surface area contributed by atoms with Gasteiger partial charge in [-0.15, -0.1) is 0 Å². The highest BCUT2D eigenvalue weighted by Crippen LogP contribution is 2.14. The molecule has 0 aliphatic carbocycles. The molecule has 0 radical (unpaired) electrons. The zero-order chi connectivity index (χ0) is 16.1. The van der Waals surface area contributed by atoms with Crippen molar-refractivity contribution in [2.75, 3.05) is 7.11 Å². The summed E-state index contributed by atoms with van der Waals surface area (Å²) in [5.74, 6) is -1.60. The Balaban J connectivity index is 2.02. The maximum absolute atomic E-state index is 11.9. The summed E-state index contributed by atoms with van der Waals surface area (Å²) in [7, 11) is 1.24. The molecule has 0 saturated carbocycles. The van der Waals surface area contributed by atoms with E-state index in [0.29, 0.717) is 0 Å². The molecule has 2 aromatic rings. The quantitative estimate of drug-likeness (QED) is 0.839. The first kappa shape index (κ1) is 15.3. The largest absolute Gasteiger partial charge is 0.465 e. The molecule has 0 fully saturated rings. The summed E-state index contributed by atoms with van der Waals surface area (Å²) in [5.41, 5.74) is 5.84. The maximum atomic E-state index is 11.9. The van der Waals surface area contributed by atoms with Crippen LogP contribution in [0.2, 0.25) is 0 Å². The highest BCUT2D eigenvalue weighted by atomic mass is 16.5. The van der Waals surface area contributed by atoms with Crippen molar-refractivity contribution < 1.29 is 28.3 Å². The van der Waals surface area contributed by atoms with Crippen LogP contribution in [-0.2, 0) is 16.1 Å². The number of carbonyl (C=O) groups is 3. The van der Waals surface area contributed by atoms with Crippen molar-refractivity contribution >= 4 is 17.8 Å². The van der Waals surface area contributed by atoms with Crippen LogP contribution in [0.15, 0.2) is 41.0 Å². The number of hydrogen-bond acceptors (Lipinski definition) is 6. The molecule has 0 aliphatic rings. The molecule has 0 aliphatic heterocycles. The molecule has 2 rings (SSSR count). The number of primary amides is 1. The van der Waals surface area contributed by atoms with Gasteiger partial charge in [-0.25, -0.2) is 9.59 Å². The molecule has 7 heteroatoms. The van der Waals surface area contributed by atoms with Crippen LogP contribution in [0.4, 0.5) is 0 Å². The van der Waals surface area contributed by atoms with E-state index in [9.17, 15) is 14.4 Å². The highest BCUT2D eigenvalue weighted by Gasteiger charge is 2.17. The van der Waals surface area contributed by atoms with E-state index in [1.807, 2.05) is 0 Å². The van der Waals surface area contributed by atoms with E-state index in [-0.39, 0.29) is 29.1 Å². The molecule has 0 unspecified atom stereocenters. The van der Waals surface area contributed by atoms with Crippen LogP contribution in [-0.4, -0.2) is 25.0 Å². The zero-order valence-electron chi connectivity index (χ0n) is 11.7. The van der Waals surface area contributed by atoms with Crippen molar-refractivity contribution in [1.82, 2.24) is 0 Å². The summed E-state index contributed by atoms with van der Waals surface area (Å²) in [6, 6.07) is 7.12. The second-order valence-electron chi connectivity index (χ2n) is 4.27. The summed E-state index contributed by atoms with van der Waals surface area (Å²) in [6.45, 7) is -0.214. The lowest BCUT2D eigenvalue weighted by Crippen LogP contribution is -2.12. The number of ether oxygens (including phenoxy) is 2. The van der Waals surface area contributed by atoms with Crippen LogP contribution < -0.4 is 5.73 Å². The molecule has 114 valence electrons. The Morgan fingerprint density at radius 1 is 1.05 bits per heavy atom. The van der Waals surface area contributed by atoms with Gasteiger partial charge >= 0.3 is 11.9 Å². The van der Waals surface area contributed by atoms with Gasteiger partial charge in [-0.1, -0.05) is 0 Å². The first-order valence-corrected chi connectivity index (χ1v) is 6.24. The summed E-state index contributed by atoms with van der Waals surface area (Å²) in [6.07, 6.45) is 1.30. The monoisotopic (exact) mass is 303 g/mol. The van der Waals surface area contributed by atoms with E-state index in [1.54, 1.807) is 0 Å². The minimum Gasteiger partial charge on any atom is -0.465 e. The van der Waals surface area contributed by atoms with E-state index in [1.165, 1.54) is 43.7 Å². The highest BCUT2D eigenvalue weighted by molar-refractivity contribution is 5.95. The lowest BCUT2D eigenvalue weighted by molar-refractivity contribution is 0.0432. The SMILES string of the molecule is COC(=O)c1ccoc1COC(=O)c1ccc(C(N)=O)cc1. The van der Waals surface area contributed by atoms with Gasteiger partial charge in [0.25, 0.3) is 0 Å². The van der Waals surface area contributed by atoms with Crippen LogP contribution in [0, 0.1) is 0 Å². The van der Waals surface area contributed by atoms with Gasteiger partial charge in [0.1, 0.15) is 5.56 Å². The Labute approximate surface area is 125 Å². The Morgan fingerprint density at radius 2 is 1.68 bits per heavy atom. The number of furan rings is 1. The minimum atomic E-state index is -0.622. The predicted molar refractivity (Wildman–Crippen MR) is 74.1 cm³/mol. The van der Waals surface area contributed by atoms with E-state index in [0.717, 1.165) is 0 Å². The topological polar surface area (TPSA) is 109 Å². The number of carbonyl (C=O) groups excluding carboxylic acids is 3. The number of esters is 2. The fourth-order valence-corrected chi connectivity index (χ4v) is 1.73. The lowest BCUT2D eigenvalue weighted by atomic mass is 10.1. The van der Waals surface area contributed by atoms with E-state index in [4.69, 9.17) is 14.9 Å². The number of benzene rings is 1. The molecular formula is C15H13NO6. The molecule has 2 N–H and O–H groups in total. The number of rotatable bonds is 5. The second-order valence-corrected chi connectivity index (χ2v) is 4.27. The molecule has 1 aromatic carbocycles. The Hall–Kier alpha value is -3.09. The molecule has 1 amide bonds. The van der Waals surface area contributed by atoms with Gasteiger partial charge in [0.2, 0.25) is 5.91 Å². The van der Waals surface area contributed by atoms with Crippen molar-refractivity contribution in [3.63, 3.8) is 0 Å². The maximum Gasteiger partial charge on any atom is 0.341 e. The van der Waals surface area contributed by atoms with E-state index < -0.39 is 17.8 Å². The van der Waals surface area contributed by atoms with Gasteiger partial charge < -0.3 is 19.6 Å². The molecule has 0 spiro atoms. The number of amides is 1. The average Bonchev–Trinajstić information content (AvgIpc) is 3.00. The van der Waals surface area contributed by atoms with E-state index >= 15 is 0 Å². The Morgan fingerprint density at radius 3 is 2.27 bits per heavy atom. The fourth-order valence-electron chi connectivity index (χ4n) is 1.73. The zero-order valence-corrected chi connectivity index (χ0v) is 11.7. The van der Waals surface area contributed by atoms with Crippen LogP contribution in [0.25, 0.3) is 0 Å². The van der Waals surface area contributed by atoms with Crippen molar-refractivity contribution in [3.05, 3.63) is 59.0 Å². The third-order valence-corrected chi connectivity index (χ3v) is 2.89. The first-order valence-electron chi connectivity index (χ1n) is 6.24. The fraction of sp³-hybridized carbons (Fsp3) is 0.133. The molecule has 22 heavy (non-hydrogen) atoms. The van der Waals surface area contributed by atoms with Gasteiger partial charge in [0.15, 0.2) is 12.4 Å². The normalized spacial score (nSPS) is 10.0. The smallest absolute Gasteiger partial charge is 0.341 e. The average molecular weight is 303 g/mol. The van der Waals surface area contributed by atoms with Crippen LogP contribution in [0.1, 0.15) is 36.8 Å². The molecule has 1 aromatic heterocycles. The molecule has 7 nitrogen and oxygen atoms in total. The third kappa shape index (κ3) is 3.32. The standard InChI is InChI=1S/C15H13NO6/c1-20-15(19)11-6-7-21-12(11)8-22-14(18)10-4-2-9(3-5-10)13(16)17/h2-7H,8H2,1H3,(H2,16,17). The summed E-state index contributed by atoms with van der Waals surface area (Å²) < 4.78 is 14.7. The minimum absolute atomic E-state index is 0.189. The van der Waals surface area contributed by atoms with Crippen LogP contribution in [0.5, 0.6) is 0 Å². The summed E-state index contributed by atoms with van der Waals surface area (Å²) in [4.78, 5) is 34.3. The van der Waals surface area contributed by atoms with Gasteiger partial charge in [-0.3, -0.25) is 4.79 Å². The Kier molecular flexibility index (Phi) is 4.57.